The van der Waals surface area contributed by atoms with Crippen molar-refractivity contribution in [1.82, 2.24) is 9.97 Å². The summed E-state index contributed by atoms with van der Waals surface area (Å²) in [5.41, 5.74) is 1.93. The first-order chi connectivity index (χ1) is 5.27. The summed E-state index contributed by atoms with van der Waals surface area (Å²) in [5.74, 6) is 0. The van der Waals surface area contributed by atoms with Gasteiger partial charge in [0.15, 0.2) is 10.1 Å². The van der Waals surface area contributed by atoms with Gasteiger partial charge in [0.2, 0.25) is 0 Å². The van der Waals surface area contributed by atoms with E-state index in [1.165, 1.54) is 16.9 Å². The summed E-state index contributed by atoms with van der Waals surface area (Å²) in [6.07, 6.45) is 1.74. The number of hydrogen-bond acceptors (Lipinski definition) is 3. The van der Waals surface area contributed by atoms with Crippen LogP contribution < -0.4 is 0 Å². The number of rotatable bonds is 0. The number of hydrogen-bond donors (Lipinski definition) is 0. The quantitative estimate of drug-likeness (QED) is 0.629. The summed E-state index contributed by atoms with van der Waals surface area (Å²) in [5, 5.41) is 0. The van der Waals surface area contributed by atoms with E-state index < -0.39 is 0 Å². The van der Waals surface area contributed by atoms with E-state index in [4.69, 9.17) is 11.6 Å². The SMILES string of the molecule is Cc1ccnc2nc(Cl)sc12. The lowest BCUT2D eigenvalue weighted by Gasteiger charge is -1.89. The first-order valence-corrected chi connectivity index (χ1v) is 4.34. The highest BCUT2D eigenvalue weighted by Gasteiger charge is 2.03. The van der Waals surface area contributed by atoms with Gasteiger partial charge in [-0.25, -0.2) is 9.97 Å². The molecule has 0 aliphatic carbocycles. The summed E-state index contributed by atoms with van der Waals surface area (Å²) >= 11 is 7.19. The van der Waals surface area contributed by atoms with E-state index in [1.54, 1.807) is 6.20 Å². The highest BCUT2D eigenvalue weighted by molar-refractivity contribution is 7.22. The van der Waals surface area contributed by atoms with Crippen molar-refractivity contribution in [3.05, 3.63) is 22.3 Å². The van der Waals surface area contributed by atoms with Crippen LogP contribution in [0.1, 0.15) is 5.56 Å². The van der Waals surface area contributed by atoms with Crippen LogP contribution in [0.3, 0.4) is 0 Å². The third-order valence-corrected chi connectivity index (χ3v) is 2.75. The minimum atomic E-state index is 0.557. The maximum Gasteiger partial charge on any atom is 0.186 e. The van der Waals surface area contributed by atoms with Gasteiger partial charge in [0.05, 0.1) is 4.70 Å². The Balaban J connectivity index is 2.90. The third kappa shape index (κ3) is 1.10. The first kappa shape index (κ1) is 7.00. The first-order valence-electron chi connectivity index (χ1n) is 3.15. The number of pyridine rings is 1. The van der Waals surface area contributed by atoms with Crippen LogP contribution in [0.25, 0.3) is 10.3 Å². The molecule has 0 fully saturated rings. The predicted molar refractivity (Wildman–Crippen MR) is 47.2 cm³/mol. The number of aryl methyl sites for hydroxylation is 1. The molecule has 0 bridgehead atoms. The lowest BCUT2D eigenvalue weighted by Crippen LogP contribution is -1.76. The number of halogens is 1. The summed E-state index contributed by atoms with van der Waals surface area (Å²) < 4.78 is 1.64. The van der Waals surface area contributed by atoms with E-state index in [-0.39, 0.29) is 0 Å². The van der Waals surface area contributed by atoms with E-state index >= 15 is 0 Å². The van der Waals surface area contributed by atoms with E-state index in [1.807, 2.05) is 13.0 Å². The summed E-state index contributed by atoms with van der Waals surface area (Å²) in [6.45, 7) is 2.03. The van der Waals surface area contributed by atoms with E-state index in [0.717, 1.165) is 10.3 Å². The Labute approximate surface area is 72.9 Å². The minimum Gasteiger partial charge on any atom is -0.236 e. The Morgan fingerprint density at radius 2 is 2.36 bits per heavy atom. The maximum absolute atomic E-state index is 5.72. The molecular formula is C7H5ClN2S. The average molecular weight is 185 g/mol. The van der Waals surface area contributed by atoms with Gasteiger partial charge in [-0.3, -0.25) is 0 Å². The molecule has 0 amide bonds. The molecule has 0 spiro atoms. The molecule has 2 aromatic heterocycles. The largest absolute Gasteiger partial charge is 0.236 e. The molecule has 0 radical (unpaired) electrons. The number of thiazole rings is 1. The normalized spacial score (nSPS) is 10.7. The van der Waals surface area contributed by atoms with E-state index in [2.05, 4.69) is 9.97 Å². The summed E-state index contributed by atoms with van der Waals surface area (Å²) in [6, 6.07) is 1.96. The number of nitrogens with zero attached hydrogens (tertiary/aromatic N) is 2. The molecule has 56 valence electrons. The van der Waals surface area contributed by atoms with Crippen LogP contribution in [-0.4, -0.2) is 9.97 Å². The van der Waals surface area contributed by atoms with Crippen LogP contribution in [0.4, 0.5) is 0 Å². The molecule has 0 aliphatic rings. The fraction of sp³-hybridized carbons (Fsp3) is 0.143. The second-order valence-electron chi connectivity index (χ2n) is 2.25. The van der Waals surface area contributed by atoms with Crippen molar-refractivity contribution in [2.24, 2.45) is 0 Å². The van der Waals surface area contributed by atoms with Crippen molar-refractivity contribution in [3.8, 4) is 0 Å². The zero-order chi connectivity index (χ0) is 7.84. The Kier molecular flexibility index (Phi) is 1.55. The van der Waals surface area contributed by atoms with Gasteiger partial charge in [-0.15, -0.1) is 11.3 Å². The lowest BCUT2D eigenvalue weighted by molar-refractivity contribution is 1.31. The molecule has 0 aliphatic heterocycles. The molecule has 0 N–H and O–H groups in total. The van der Waals surface area contributed by atoms with Crippen molar-refractivity contribution in [2.45, 2.75) is 6.92 Å². The molecule has 0 saturated heterocycles. The van der Waals surface area contributed by atoms with Crippen molar-refractivity contribution < 1.29 is 0 Å². The number of aromatic nitrogens is 2. The molecule has 4 heteroatoms. The molecule has 2 heterocycles. The Morgan fingerprint density at radius 3 is 3.09 bits per heavy atom. The molecule has 0 atom stereocenters. The molecule has 2 rings (SSSR count). The van der Waals surface area contributed by atoms with Gasteiger partial charge < -0.3 is 0 Å². The molecule has 0 saturated carbocycles. The zero-order valence-corrected chi connectivity index (χ0v) is 7.41. The fourth-order valence-corrected chi connectivity index (χ4v) is 1.96. The summed E-state index contributed by atoms with van der Waals surface area (Å²) in [4.78, 5) is 8.12. The predicted octanol–water partition coefficient (Wildman–Crippen LogP) is 2.65. The lowest BCUT2D eigenvalue weighted by atomic mass is 10.3. The molecule has 11 heavy (non-hydrogen) atoms. The highest BCUT2D eigenvalue weighted by Crippen LogP contribution is 2.26. The maximum atomic E-state index is 5.72. The van der Waals surface area contributed by atoms with E-state index in [9.17, 15) is 0 Å². The van der Waals surface area contributed by atoms with Crippen molar-refractivity contribution in [3.63, 3.8) is 0 Å². The second-order valence-corrected chi connectivity index (χ2v) is 3.83. The van der Waals surface area contributed by atoms with Crippen molar-refractivity contribution in [2.75, 3.05) is 0 Å². The van der Waals surface area contributed by atoms with Crippen LogP contribution in [0.5, 0.6) is 0 Å². The van der Waals surface area contributed by atoms with Crippen LogP contribution in [-0.2, 0) is 0 Å². The van der Waals surface area contributed by atoms with Crippen LogP contribution in [0, 0.1) is 6.92 Å². The Morgan fingerprint density at radius 1 is 1.55 bits per heavy atom. The molecular weight excluding hydrogens is 180 g/mol. The highest BCUT2D eigenvalue weighted by atomic mass is 35.5. The molecule has 2 aromatic rings. The average Bonchev–Trinajstić information content (AvgIpc) is 2.31. The van der Waals surface area contributed by atoms with Crippen LogP contribution in [0.15, 0.2) is 12.3 Å². The van der Waals surface area contributed by atoms with Gasteiger partial charge in [-0.1, -0.05) is 11.6 Å². The number of fused-ring (bicyclic) bond motifs is 1. The van der Waals surface area contributed by atoms with Crippen molar-refractivity contribution >= 4 is 33.3 Å². The fourth-order valence-electron chi connectivity index (χ4n) is 0.926. The van der Waals surface area contributed by atoms with Gasteiger partial charge in [0.25, 0.3) is 0 Å². The van der Waals surface area contributed by atoms with E-state index in [0.29, 0.717) is 4.47 Å². The van der Waals surface area contributed by atoms with Gasteiger partial charge in [0, 0.05) is 6.20 Å². The van der Waals surface area contributed by atoms with Crippen LogP contribution >= 0.6 is 22.9 Å². The Hall–Kier alpha value is -0.670. The topological polar surface area (TPSA) is 25.8 Å². The van der Waals surface area contributed by atoms with Crippen LogP contribution in [0.2, 0.25) is 4.47 Å². The van der Waals surface area contributed by atoms with Gasteiger partial charge in [-0.05, 0) is 18.6 Å². The third-order valence-electron chi connectivity index (χ3n) is 1.46. The molecule has 0 unspecified atom stereocenters. The van der Waals surface area contributed by atoms with Crippen molar-refractivity contribution in [1.29, 1.82) is 0 Å². The zero-order valence-electron chi connectivity index (χ0n) is 5.84. The smallest absolute Gasteiger partial charge is 0.186 e. The molecule has 2 nitrogen and oxygen atoms in total. The standard InChI is InChI=1S/C7H5ClN2S/c1-4-2-3-9-6-5(4)11-7(8)10-6/h2-3H,1H3. The monoisotopic (exact) mass is 184 g/mol. The Bertz CT molecular complexity index is 396. The van der Waals surface area contributed by atoms with Gasteiger partial charge >= 0.3 is 0 Å². The van der Waals surface area contributed by atoms with Gasteiger partial charge in [-0.2, -0.15) is 0 Å². The molecule has 0 aromatic carbocycles. The summed E-state index contributed by atoms with van der Waals surface area (Å²) in [7, 11) is 0. The second kappa shape index (κ2) is 2.43. The minimum absolute atomic E-state index is 0.557. The van der Waals surface area contributed by atoms with Gasteiger partial charge in [0.1, 0.15) is 0 Å².